The van der Waals surface area contributed by atoms with E-state index in [9.17, 15) is 19.2 Å². The SMILES string of the molecule is C=CC(=O)N1CCN(c2c(C#N)c(=O)n(-c3c(C)ccnc3C(C)C)c3nc(-c4c(F)c(N)c(Cl)c(F)c4F)c(Cl)cc23)C[C@H]1C. The quantitative estimate of drug-likeness (QED) is 0.115. The highest BCUT2D eigenvalue weighted by molar-refractivity contribution is 6.35. The van der Waals surface area contributed by atoms with Crippen LogP contribution in [0, 0.1) is 35.7 Å². The number of rotatable bonds is 5. The largest absolute Gasteiger partial charge is 0.395 e. The molecule has 46 heavy (non-hydrogen) atoms. The third kappa shape index (κ3) is 5.13. The van der Waals surface area contributed by atoms with Gasteiger partial charge in [-0.25, -0.2) is 18.2 Å². The average molecular weight is 671 g/mol. The van der Waals surface area contributed by atoms with Gasteiger partial charge in [-0.15, -0.1) is 0 Å². The van der Waals surface area contributed by atoms with E-state index < -0.39 is 45.0 Å². The molecule has 1 atom stereocenters. The van der Waals surface area contributed by atoms with E-state index in [0.717, 1.165) is 0 Å². The highest BCUT2D eigenvalue weighted by Gasteiger charge is 2.33. The van der Waals surface area contributed by atoms with Crippen molar-refractivity contribution in [1.82, 2.24) is 19.4 Å². The average Bonchev–Trinajstić information content (AvgIpc) is 3.02. The molecular weight excluding hydrogens is 642 g/mol. The van der Waals surface area contributed by atoms with Gasteiger partial charge in [0, 0.05) is 37.3 Å². The lowest BCUT2D eigenvalue weighted by Gasteiger charge is -2.41. The molecule has 1 aromatic carbocycles. The van der Waals surface area contributed by atoms with Crippen molar-refractivity contribution in [3.63, 3.8) is 0 Å². The van der Waals surface area contributed by atoms with E-state index in [0.29, 0.717) is 16.9 Å². The van der Waals surface area contributed by atoms with E-state index in [1.54, 1.807) is 29.0 Å². The number of halogens is 5. The molecular formula is C32H28Cl2F3N7O2. The monoisotopic (exact) mass is 669 g/mol. The van der Waals surface area contributed by atoms with Crippen molar-refractivity contribution in [3.8, 4) is 23.0 Å². The lowest BCUT2D eigenvalue weighted by atomic mass is 10.0. The van der Waals surface area contributed by atoms with Crippen LogP contribution in [-0.4, -0.2) is 51.0 Å². The van der Waals surface area contributed by atoms with Crippen LogP contribution in [0.5, 0.6) is 0 Å². The first-order chi connectivity index (χ1) is 21.7. The van der Waals surface area contributed by atoms with Gasteiger partial charge >= 0.3 is 0 Å². The predicted molar refractivity (Wildman–Crippen MR) is 172 cm³/mol. The Bertz CT molecular complexity index is 2030. The summed E-state index contributed by atoms with van der Waals surface area (Å²) in [4.78, 5) is 39.2. The Morgan fingerprint density at radius 3 is 2.50 bits per heavy atom. The number of anilines is 2. The fraction of sp³-hybridized carbons (Fsp3) is 0.281. The van der Waals surface area contributed by atoms with Gasteiger partial charge in [-0.05, 0) is 43.5 Å². The van der Waals surface area contributed by atoms with Crippen molar-refractivity contribution >= 4 is 51.5 Å². The molecule has 0 aliphatic carbocycles. The first kappa shape index (κ1) is 32.8. The standard InChI is InChI=1S/C32H28Cl2F3N7O2/c1-6-20(45)43-10-9-42(13-16(43)5)30-17-11-19(33)28(21-23(35)25(37)22(34)26(39)24(21)36)41-31(17)44(32(46)18(30)12-38)29-15(4)7-8-40-27(29)14(2)3/h6-8,11,14,16H,1,9-10,13,39H2,2-5H3/t16-/m1/s1. The second kappa shape index (κ2) is 12.3. The van der Waals surface area contributed by atoms with Gasteiger partial charge in [0.2, 0.25) is 5.91 Å². The molecule has 4 aromatic rings. The molecule has 2 N–H and O–H groups in total. The summed E-state index contributed by atoms with van der Waals surface area (Å²) in [6.07, 6.45) is 2.79. The first-order valence-electron chi connectivity index (χ1n) is 14.2. The van der Waals surface area contributed by atoms with Crippen LogP contribution >= 0.6 is 23.2 Å². The number of hydrogen-bond donors (Lipinski definition) is 1. The summed E-state index contributed by atoms with van der Waals surface area (Å²) in [6.45, 7) is 11.5. The number of amides is 1. The van der Waals surface area contributed by atoms with Crippen LogP contribution in [0.2, 0.25) is 10.0 Å². The van der Waals surface area contributed by atoms with E-state index in [1.807, 2.05) is 26.8 Å². The molecule has 1 aliphatic heterocycles. The first-order valence-corrected chi connectivity index (χ1v) is 15.0. The number of pyridine rings is 3. The number of nitrogens with two attached hydrogens (primary N) is 1. The molecule has 238 valence electrons. The van der Waals surface area contributed by atoms with Crippen molar-refractivity contribution < 1.29 is 18.0 Å². The Morgan fingerprint density at radius 2 is 1.89 bits per heavy atom. The van der Waals surface area contributed by atoms with Crippen LogP contribution in [0.15, 0.2) is 35.8 Å². The second-order valence-electron chi connectivity index (χ2n) is 11.3. The van der Waals surface area contributed by atoms with Gasteiger partial charge in [-0.3, -0.25) is 19.1 Å². The summed E-state index contributed by atoms with van der Waals surface area (Å²) in [5.41, 5.74) is 3.72. The number of benzene rings is 1. The van der Waals surface area contributed by atoms with E-state index in [1.165, 1.54) is 16.7 Å². The minimum absolute atomic E-state index is 0.124. The normalized spacial score (nSPS) is 15.0. The summed E-state index contributed by atoms with van der Waals surface area (Å²) < 4.78 is 46.8. The lowest BCUT2D eigenvalue weighted by Crippen LogP contribution is -2.54. The number of hydrogen-bond acceptors (Lipinski definition) is 7. The Hall–Kier alpha value is -4.60. The molecule has 0 radical (unpaired) electrons. The molecule has 5 rings (SSSR count). The zero-order chi connectivity index (χ0) is 33.8. The smallest absolute Gasteiger partial charge is 0.276 e. The van der Waals surface area contributed by atoms with Crippen LogP contribution in [0.3, 0.4) is 0 Å². The summed E-state index contributed by atoms with van der Waals surface area (Å²) >= 11 is 12.4. The highest BCUT2D eigenvalue weighted by atomic mass is 35.5. The maximum Gasteiger partial charge on any atom is 0.276 e. The van der Waals surface area contributed by atoms with Gasteiger partial charge in [0.1, 0.15) is 22.3 Å². The van der Waals surface area contributed by atoms with E-state index in [2.05, 4.69) is 16.5 Å². The Labute approximate surface area is 272 Å². The van der Waals surface area contributed by atoms with Crippen molar-refractivity contribution in [1.29, 1.82) is 5.26 Å². The fourth-order valence-corrected chi connectivity index (χ4v) is 6.24. The third-order valence-electron chi connectivity index (χ3n) is 8.05. The maximum atomic E-state index is 15.5. The summed E-state index contributed by atoms with van der Waals surface area (Å²) in [5.74, 6) is -5.14. The van der Waals surface area contributed by atoms with Gasteiger partial charge in [-0.1, -0.05) is 43.6 Å². The number of fused-ring (bicyclic) bond motifs is 1. The molecule has 0 spiro atoms. The molecule has 0 saturated carbocycles. The Morgan fingerprint density at radius 1 is 1.20 bits per heavy atom. The fourth-order valence-electron chi connectivity index (χ4n) is 5.83. The molecule has 1 aliphatic rings. The van der Waals surface area contributed by atoms with Gasteiger partial charge in [0.05, 0.1) is 39.0 Å². The second-order valence-corrected chi connectivity index (χ2v) is 12.0. The molecule has 9 nitrogen and oxygen atoms in total. The summed E-state index contributed by atoms with van der Waals surface area (Å²) in [7, 11) is 0. The molecule has 4 heterocycles. The summed E-state index contributed by atoms with van der Waals surface area (Å²) in [6, 6.07) is 4.68. The molecule has 0 unspecified atom stereocenters. The number of nitriles is 1. The van der Waals surface area contributed by atoms with E-state index in [-0.39, 0.29) is 64.8 Å². The number of nitrogen functional groups attached to an aromatic ring is 1. The Balaban J connectivity index is 1.94. The van der Waals surface area contributed by atoms with Gasteiger partial charge in [-0.2, -0.15) is 5.26 Å². The number of aryl methyl sites for hydroxylation is 1. The minimum Gasteiger partial charge on any atom is -0.395 e. The van der Waals surface area contributed by atoms with Crippen LogP contribution in [0.25, 0.3) is 28.0 Å². The van der Waals surface area contributed by atoms with Crippen molar-refractivity contribution in [2.45, 2.75) is 39.7 Å². The highest BCUT2D eigenvalue weighted by Crippen LogP contribution is 2.42. The molecule has 3 aromatic heterocycles. The molecule has 1 saturated heterocycles. The minimum atomic E-state index is -1.68. The van der Waals surface area contributed by atoms with Crippen LogP contribution in [0.4, 0.5) is 24.5 Å². The van der Waals surface area contributed by atoms with E-state index in [4.69, 9.17) is 28.9 Å². The lowest BCUT2D eigenvalue weighted by molar-refractivity contribution is -0.128. The topological polar surface area (TPSA) is 121 Å². The van der Waals surface area contributed by atoms with Gasteiger partial charge < -0.3 is 15.5 Å². The predicted octanol–water partition coefficient (Wildman–Crippen LogP) is 6.28. The summed E-state index contributed by atoms with van der Waals surface area (Å²) in [5, 5.41) is 9.35. The zero-order valence-corrected chi connectivity index (χ0v) is 26.8. The molecule has 1 amide bonds. The third-order valence-corrected chi connectivity index (χ3v) is 8.71. The number of carbonyl (C=O) groups excluding carboxylic acids is 1. The maximum absolute atomic E-state index is 15.5. The van der Waals surface area contributed by atoms with Crippen LogP contribution < -0.4 is 16.2 Å². The molecule has 14 heteroatoms. The van der Waals surface area contributed by atoms with Crippen molar-refractivity contribution in [2.24, 2.45) is 0 Å². The number of nitrogens with zero attached hydrogens (tertiary/aromatic N) is 6. The van der Waals surface area contributed by atoms with Crippen LogP contribution in [0.1, 0.15) is 43.5 Å². The zero-order valence-electron chi connectivity index (χ0n) is 25.3. The van der Waals surface area contributed by atoms with Gasteiger partial charge in [0.25, 0.3) is 5.56 Å². The van der Waals surface area contributed by atoms with Crippen LogP contribution in [-0.2, 0) is 4.79 Å². The number of piperazine rings is 1. The number of carbonyl (C=O) groups is 1. The van der Waals surface area contributed by atoms with Crippen molar-refractivity contribution in [2.75, 3.05) is 30.3 Å². The van der Waals surface area contributed by atoms with Crippen molar-refractivity contribution in [3.05, 3.63) is 85.7 Å². The Kier molecular flexibility index (Phi) is 8.77. The molecule has 0 bridgehead atoms. The molecule has 1 fully saturated rings. The van der Waals surface area contributed by atoms with Gasteiger partial charge in [0.15, 0.2) is 17.5 Å². The van der Waals surface area contributed by atoms with E-state index >= 15 is 8.78 Å². The number of aromatic nitrogens is 3.